The summed E-state index contributed by atoms with van der Waals surface area (Å²) >= 11 is 6.47. The average molecular weight is 570 g/mol. The fraction of sp³-hybridized carbons (Fsp3) is 0.531. The number of hydrogen-bond donors (Lipinski definition) is 2. The highest BCUT2D eigenvalue weighted by molar-refractivity contribution is 6.34. The number of benzene rings is 2. The Kier molecular flexibility index (Phi) is 10.3. The zero-order valence-electron chi connectivity index (χ0n) is 25.1. The molecule has 0 radical (unpaired) electrons. The van der Waals surface area contributed by atoms with Gasteiger partial charge in [0.25, 0.3) is 5.91 Å². The number of alkyl carbamates (subject to hydrolysis) is 1. The molecule has 0 bridgehead atoms. The molecule has 2 aromatic carbocycles. The van der Waals surface area contributed by atoms with Gasteiger partial charge in [0.15, 0.2) is 0 Å². The van der Waals surface area contributed by atoms with Crippen LogP contribution in [0.1, 0.15) is 88.6 Å². The van der Waals surface area contributed by atoms with Crippen LogP contribution in [0, 0.1) is 26.7 Å². The molecule has 1 aliphatic rings. The van der Waals surface area contributed by atoms with Crippen LogP contribution in [-0.4, -0.2) is 40.5 Å². The van der Waals surface area contributed by atoms with Gasteiger partial charge in [-0.05, 0) is 101 Å². The van der Waals surface area contributed by atoms with Crippen LogP contribution >= 0.6 is 11.6 Å². The van der Waals surface area contributed by atoms with Gasteiger partial charge in [0.05, 0.1) is 10.7 Å². The summed E-state index contributed by atoms with van der Waals surface area (Å²) in [5.74, 6) is -0.523. The van der Waals surface area contributed by atoms with Crippen LogP contribution in [0.5, 0.6) is 0 Å². The van der Waals surface area contributed by atoms with Gasteiger partial charge >= 0.3 is 6.09 Å². The lowest BCUT2D eigenvalue weighted by Crippen LogP contribution is -2.57. The van der Waals surface area contributed by atoms with E-state index in [9.17, 15) is 14.4 Å². The van der Waals surface area contributed by atoms with Crippen LogP contribution in [0.25, 0.3) is 0 Å². The molecule has 1 fully saturated rings. The van der Waals surface area contributed by atoms with E-state index < -0.39 is 23.8 Å². The molecule has 0 saturated heterocycles. The molecule has 1 aliphatic carbocycles. The molecule has 2 aromatic rings. The first-order valence-corrected chi connectivity index (χ1v) is 14.5. The average Bonchev–Trinajstić information content (AvgIpc) is 2.79. The minimum atomic E-state index is -0.914. The Labute approximate surface area is 244 Å². The van der Waals surface area contributed by atoms with Crippen LogP contribution < -0.4 is 10.6 Å². The number of para-hydroxylation sites is 1. The van der Waals surface area contributed by atoms with Gasteiger partial charge in [0.2, 0.25) is 5.91 Å². The smallest absolute Gasteiger partial charge is 0.408 e. The van der Waals surface area contributed by atoms with Crippen molar-refractivity contribution in [2.45, 2.75) is 105 Å². The van der Waals surface area contributed by atoms with Gasteiger partial charge in [-0.1, -0.05) is 55.8 Å². The quantitative estimate of drug-likeness (QED) is 0.332. The predicted molar refractivity (Wildman–Crippen MR) is 161 cm³/mol. The molecule has 0 heterocycles. The number of halogens is 1. The third-order valence-corrected chi connectivity index (χ3v) is 7.58. The number of anilines is 1. The first-order chi connectivity index (χ1) is 18.7. The Morgan fingerprint density at radius 1 is 1.02 bits per heavy atom. The fourth-order valence-electron chi connectivity index (χ4n) is 4.86. The first kappa shape index (κ1) is 31.5. The molecule has 0 spiro atoms. The first-order valence-electron chi connectivity index (χ1n) is 14.1. The molecule has 218 valence electrons. The summed E-state index contributed by atoms with van der Waals surface area (Å²) in [4.78, 5) is 43.1. The van der Waals surface area contributed by atoms with Crippen molar-refractivity contribution in [1.82, 2.24) is 10.2 Å². The molecule has 2 unspecified atom stereocenters. The van der Waals surface area contributed by atoms with Crippen molar-refractivity contribution in [3.8, 4) is 0 Å². The summed E-state index contributed by atoms with van der Waals surface area (Å²) in [6.45, 7) is 15.2. The summed E-state index contributed by atoms with van der Waals surface area (Å²) in [6.07, 6.45) is 2.29. The molecule has 0 aromatic heterocycles. The standard InChI is InChI=1S/C32H44ClN3O4/c1-19(2)17-26(34-31(39)40-32(6,7)8)30(38)36(24-12-10-13-24)28(23-16-15-20(3)22(5)18-23)29(37)35-27-21(4)11-9-14-25(27)33/h9,11,14-16,18-19,24,26,28H,10,12-13,17H2,1-8H3,(H,34,39)(H,35,37). The van der Waals surface area contributed by atoms with Gasteiger partial charge in [-0.3, -0.25) is 9.59 Å². The second-order valence-electron chi connectivity index (χ2n) is 12.3. The monoisotopic (exact) mass is 569 g/mol. The minimum Gasteiger partial charge on any atom is -0.444 e. The number of hydrogen-bond acceptors (Lipinski definition) is 4. The van der Waals surface area contributed by atoms with E-state index in [1.165, 1.54) is 0 Å². The Hall–Kier alpha value is -3.06. The maximum absolute atomic E-state index is 14.4. The van der Waals surface area contributed by atoms with Gasteiger partial charge in [0, 0.05) is 6.04 Å². The largest absolute Gasteiger partial charge is 0.444 e. The summed E-state index contributed by atoms with van der Waals surface area (Å²) in [5.41, 5.74) is 3.47. The number of nitrogens with zero attached hydrogens (tertiary/aromatic N) is 1. The van der Waals surface area contributed by atoms with Crippen molar-refractivity contribution in [2.75, 3.05) is 5.32 Å². The lowest BCUT2D eigenvalue weighted by atomic mass is 9.87. The van der Waals surface area contributed by atoms with Crippen molar-refractivity contribution in [3.63, 3.8) is 0 Å². The van der Waals surface area contributed by atoms with Gasteiger partial charge < -0.3 is 20.3 Å². The summed E-state index contributed by atoms with van der Waals surface area (Å²) in [5, 5.41) is 6.27. The SMILES string of the molecule is Cc1ccc(C(C(=O)Nc2c(C)cccc2Cl)N(C(=O)C(CC(C)C)NC(=O)OC(C)(C)C)C2CCC2)cc1C. The van der Waals surface area contributed by atoms with E-state index in [0.29, 0.717) is 22.7 Å². The van der Waals surface area contributed by atoms with Gasteiger partial charge in [-0.2, -0.15) is 0 Å². The van der Waals surface area contributed by atoms with Crippen molar-refractivity contribution in [2.24, 2.45) is 5.92 Å². The van der Waals surface area contributed by atoms with E-state index in [1.807, 2.05) is 65.0 Å². The van der Waals surface area contributed by atoms with Crippen molar-refractivity contribution >= 4 is 35.2 Å². The van der Waals surface area contributed by atoms with Gasteiger partial charge in [0.1, 0.15) is 17.7 Å². The highest BCUT2D eigenvalue weighted by Crippen LogP contribution is 2.36. The topological polar surface area (TPSA) is 87.7 Å². The highest BCUT2D eigenvalue weighted by atomic mass is 35.5. The number of amides is 3. The predicted octanol–water partition coefficient (Wildman–Crippen LogP) is 7.27. The van der Waals surface area contributed by atoms with Crippen LogP contribution in [0.15, 0.2) is 36.4 Å². The van der Waals surface area contributed by atoms with E-state index in [0.717, 1.165) is 36.0 Å². The van der Waals surface area contributed by atoms with E-state index >= 15 is 0 Å². The number of nitrogens with one attached hydrogen (secondary N) is 2. The molecule has 0 aliphatic heterocycles. The number of aryl methyl sites for hydroxylation is 3. The molecule has 3 rings (SSSR count). The zero-order chi connectivity index (χ0) is 29.8. The minimum absolute atomic E-state index is 0.117. The molecular weight excluding hydrogens is 526 g/mol. The molecule has 7 nitrogen and oxygen atoms in total. The number of carbonyl (C=O) groups excluding carboxylic acids is 3. The Bertz CT molecular complexity index is 1210. The molecule has 3 amide bonds. The van der Waals surface area contributed by atoms with Crippen molar-refractivity contribution < 1.29 is 19.1 Å². The van der Waals surface area contributed by atoms with Crippen molar-refractivity contribution in [3.05, 3.63) is 63.7 Å². The van der Waals surface area contributed by atoms with E-state index in [-0.39, 0.29) is 23.8 Å². The Balaban J connectivity index is 2.08. The van der Waals surface area contributed by atoms with E-state index in [4.69, 9.17) is 16.3 Å². The second-order valence-corrected chi connectivity index (χ2v) is 12.7. The molecule has 2 atom stereocenters. The highest BCUT2D eigenvalue weighted by Gasteiger charge is 2.42. The molecule has 8 heteroatoms. The number of ether oxygens (including phenoxy) is 1. The fourth-order valence-corrected chi connectivity index (χ4v) is 5.13. The molecule has 2 N–H and O–H groups in total. The second kappa shape index (κ2) is 13.1. The maximum Gasteiger partial charge on any atom is 0.408 e. The molecule has 40 heavy (non-hydrogen) atoms. The lowest BCUT2D eigenvalue weighted by Gasteiger charge is -2.44. The van der Waals surface area contributed by atoms with Crippen molar-refractivity contribution in [1.29, 1.82) is 0 Å². The van der Waals surface area contributed by atoms with Gasteiger partial charge in [-0.25, -0.2) is 4.79 Å². The van der Waals surface area contributed by atoms with Crippen LogP contribution in [-0.2, 0) is 14.3 Å². The summed E-state index contributed by atoms with van der Waals surface area (Å²) in [6, 6.07) is 9.39. The number of rotatable bonds is 9. The van der Waals surface area contributed by atoms with E-state index in [2.05, 4.69) is 10.6 Å². The van der Waals surface area contributed by atoms with Crippen LogP contribution in [0.4, 0.5) is 10.5 Å². The van der Waals surface area contributed by atoms with Crippen LogP contribution in [0.2, 0.25) is 5.02 Å². The molecular formula is C32H44ClN3O4. The zero-order valence-corrected chi connectivity index (χ0v) is 25.8. The third-order valence-electron chi connectivity index (χ3n) is 7.26. The maximum atomic E-state index is 14.4. The van der Waals surface area contributed by atoms with Crippen LogP contribution in [0.3, 0.4) is 0 Å². The lowest BCUT2D eigenvalue weighted by molar-refractivity contribution is -0.146. The number of carbonyl (C=O) groups is 3. The third kappa shape index (κ3) is 8.00. The normalized spacial score (nSPS) is 15.2. The Morgan fingerprint density at radius 2 is 1.70 bits per heavy atom. The summed E-state index contributed by atoms with van der Waals surface area (Å²) in [7, 11) is 0. The summed E-state index contributed by atoms with van der Waals surface area (Å²) < 4.78 is 5.49. The van der Waals surface area contributed by atoms with Gasteiger partial charge in [-0.15, -0.1) is 0 Å². The Morgan fingerprint density at radius 3 is 2.23 bits per heavy atom. The van der Waals surface area contributed by atoms with E-state index in [1.54, 1.807) is 31.7 Å². The molecule has 1 saturated carbocycles.